The van der Waals surface area contributed by atoms with Crippen LogP contribution in [0.4, 0.5) is 19.0 Å². The summed E-state index contributed by atoms with van der Waals surface area (Å²) in [5, 5.41) is 11.2. The number of rotatable bonds is 7. The van der Waals surface area contributed by atoms with E-state index in [9.17, 15) is 22.8 Å². The Bertz CT molecular complexity index is 609. The topological polar surface area (TPSA) is 82.5 Å². The molecule has 0 unspecified atom stereocenters. The van der Waals surface area contributed by atoms with Crippen LogP contribution in [0.15, 0.2) is 12.3 Å². The summed E-state index contributed by atoms with van der Waals surface area (Å²) < 4.78 is 37.5. The molecule has 1 aromatic heterocycles. The predicted octanol–water partition coefficient (Wildman–Crippen LogP) is 2.88. The highest BCUT2D eigenvalue weighted by atomic mass is 35.5. The van der Waals surface area contributed by atoms with Gasteiger partial charge in [-0.25, -0.2) is 4.98 Å². The molecule has 1 aromatic rings. The van der Waals surface area contributed by atoms with E-state index in [4.69, 9.17) is 16.7 Å². The standard InChI is InChI=1S/C14H17ClF3N3O3/c1-8(2)21(7-12(23)24)11(22)3-4-19-13-10(15)5-9(6-20-13)14(16,17)18/h5-6,8H,3-4,7H2,1-2H3,(H,19,20)(H,23,24). The second-order valence-corrected chi connectivity index (χ2v) is 5.65. The number of alkyl halides is 3. The number of anilines is 1. The number of aliphatic carboxylic acids is 1. The summed E-state index contributed by atoms with van der Waals surface area (Å²) in [6.07, 6.45) is -3.95. The maximum Gasteiger partial charge on any atom is 0.417 e. The second kappa shape index (κ2) is 8.18. The zero-order chi connectivity index (χ0) is 18.5. The lowest BCUT2D eigenvalue weighted by Gasteiger charge is -2.25. The van der Waals surface area contributed by atoms with Gasteiger partial charge in [0.05, 0.1) is 10.6 Å². The van der Waals surface area contributed by atoms with E-state index < -0.39 is 30.2 Å². The van der Waals surface area contributed by atoms with Gasteiger partial charge in [-0.2, -0.15) is 13.2 Å². The number of carbonyl (C=O) groups is 2. The molecule has 0 aliphatic heterocycles. The Balaban J connectivity index is 2.64. The highest BCUT2D eigenvalue weighted by molar-refractivity contribution is 6.32. The fourth-order valence-corrected chi connectivity index (χ4v) is 2.09. The van der Waals surface area contributed by atoms with E-state index in [0.717, 1.165) is 6.07 Å². The summed E-state index contributed by atoms with van der Waals surface area (Å²) in [5.74, 6) is -1.51. The van der Waals surface area contributed by atoms with E-state index in [1.807, 2.05) is 0 Å². The Morgan fingerprint density at radius 1 is 1.42 bits per heavy atom. The molecule has 0 aliphatic rings. The zero-order valence-electron chi connectivity index (χ0n) is 13.0. The summed E-state index contributed by atoms with van der Waals surface area (Å²) in [6.45, 7) is 3.00. The van der Waals surface area contributed by atoms with Gasteiger partial charge in [-0.3, -0.25) is 9.59 Å². The van der Waals surface area contributed by atoms with Gasteiger partial charge in [-0.05, 0) is 19.9 Å². The number of amides is 1. The van der Waals surface area contributed by atoms with Crippen LogP contribution in [0.3, 0.4) is 0 Å². The van der Waals surface area contributed by atoms with Crippen molar-refractivity contribution in [3.8, 4) is 0 Å². The van der Waals surface area contributed by atoms with Gasteiger partial charge in [0, 0.05) is 25.2 Å². The Kier molecular flexibility index (Phi) is 6.82. The normalized spacial score (nSPS) is 11.5. The highest BCUT2D eigenvalue weighted by Gasteiger charge is 2.31. The van der Waals surface area contributed by atoms with Crippen molar-refractivity contribution >= 4 is 29.3 Å². The van der Waals surface area contributed by atoms with Gasteiger partial charge < -0.3 is 15.3 Å². The maximum absolute atomic E-state index is 12.5. The smallest absolute Gasteiger partial charge is 0.417 e. The molecule has 1 rings (SSSR count). The number of halogens is 4. The van der Waals surface area contributed by atoms with E-state index in [2.05, 4.69) is 10.3 Å². The fraction of sp³-hybridized carbons (Fsp3) is 0.500. The molecule has 0 aromatic carbocycles. The molecule has 134 valence electrons. The zero-order valence-corrected chi connectivity index (χ0v) is 13.8. The molecule has 0 spiro atoms. The third kappa shape index (κ3) is 5.88. The molecule has 0 fully saturated rings. The van der Waals surface area contributed by atoms with Gasteiger partial charge in [-0.15, -0.1) is 0 Å². The van der Waals surface area contributed by atoms with Crippen LogP contribution in [0.1, 0.15) is 25.8 Å². The largest absolute Gasteiger partial charge is 0.480 e. The first-order chi connectivity index (χ1) is 11.0. The first kappa shape index (κ1) is 20.0. The third-order valence-corrected chi connectivity index (χ3v) is 3.34. The number of pyridine rings is 1. The summed E-state index contributed by atoms with van der Waals surface area (Å²) in [5.41, 5.74) is -0.971. The van der Waals surface area contributed by atoms with Gasteiger partial charge in [0.15, 0.2) is 0 Å². The number of carbonyl (C=O) groups excluding carboxylic acids is 1. The lowest BCUT2D eigenvalue weighted by molar-refractivity contribution is -0.145. The number of carboxylic acids is 1. The second-order valence-electron chi connectivity index (χ2n) is 5.24. The highest BCUT2D eigenvalue weighted by Crippen LogP contribution is 2.32. The summed E-state index contributed by atoms with van der Waals surface area (Å²) in [6, 6.07) is 0.449. The minimum Gasteiger partial charge on any atom is -0.480 e. The van der Waals surface area contributed by atoms with Crippen LogP contribution in [0.25, 0.3) is 0 Å². The van der Waals surface area contributed by atoms with Crippen molar-refractivity contribution in [2.45, 2.75) is 32.5 Å². The number of hydrogen-bond donors (Lipinski definition) is 2. The quantitative estimate of drug-likeness (QED) is 0.774. The Hall–Kier alpha value is -2.03. The number of hydrogen-bond acceptors (Lipinski definition) is 4. The summed E-state index contributed by atoms with van der Waals surface area (Å²) in [7, 11) is 0. The van der Waals surface area contributed by atoms with Crippen LogP contribution in [0.2, 0.25) is 5.02 Å². The molecule has 0 aliphatic carbocycles. The van der Waals surface area contributed by atoms with E-state index in [-0.39, 0.29) is 29.8 Å². The molecule has 0 saturated heterocycles. The van der Waals surface area contributed by atoms with Gasteiger partial charge in [-0.1, -0.05) is 11.6 Å². The van der Waals surface area contributed by atoms with Crippen LogP contribution in [0.5, 0.6) is 0 Å². The number of nitrogens with one attached hydrogen (secondary N) is 1. The maximum atomic E-state index is 12.5. The van der Waals surface area contributed by atoms with E-state index in [0.29, 0.717) is 6.20 Å². The molecule has 2 N–H and O–H groups in total. The minimum absolute atomic E-state index is 0.0202. The number of aromatic nitrogens is 1. The SMILES string of the molecule is CC(C)N(CC(=O)O)C(=O)CCNc1ncc(C(F)(F)F)cc1Cl. The van der Waals surface area contributed by atoms with E-state index in [1.165, 1.54) is 4.90 Å². The fourth-order valence-electron chi connectivity index (χ4n) is 1.86. The van der Waals surface area contributed by atoms with Gasteiger partial charge in [0.25, 0.3) is 0 Å². The van der Waals surface area contributed by atoms with Gasteiger partial charge in [0.2, 0.25) is 5.91 Å². The van der Waals surface area contributed by atoms with E-state index in [1.54, 1.807) is 13.8 Å². The van der Waals surface area contributed by atoms with Crippen LogP contribution in [-0.4, -0.2) is 46.0 Å². The van der Waals surface area contributed by atoms with Crippen molar-refractivity contribution in [2.75, 3.05) is 18.4 Å². The van der Waals surface area contributed by atoms with Gasteiger partial charge in [0.1, 0.15) is 12.4 Å². The Morgan fingerprint density at radius 2 is 2.04 bits per heavy atom. The van der Waals surface area contributed by atoms with Crippen molar-refractivity contribution in [1.82, 2.24) is 9.88 Å². The molecule has 1 amide bonds. The summed E-state index contributed by atoms with van der Waals surface area (Å²) >= 11 is 5.73. The molecule has 0 radical (unpaired) electrons. The molecule has 0 saturated carbocycles. The van der Waals surface area contributed by atoms with Crippen molar-refractivity contribution < 1.29 is 27.9 Å². The molecule has 10 heteroatoms. The Labute approximate surface area is 141 Å². The van der Waals surface area contributed by atoms with Crippen LogP contribution in [0, 0.1) is 0 Å². The summed E-state index contributed by atoms with van der Waals surface area (Å²) in [4.78, 5) is 27.5. The monoisotopic (exact) mass is 367 g/mol. The van der Waals surface area contributed by atoms with Crippen molar-refractivity contribution in [1.29, 1.82) is 0 Å². The minimum atomic E-state index is -4.54. The molecule has 6 nitrogen and oxygen atoms in total. The van der Waals surface area contributed by atoms with Crippen molar-refractivity contribution in [2.24, 2.45) is 0 Å². The predicted molar refractivity (Wildman–Crippen MR) is 81.8 cm³/mol. The number of nitrogens with zero attached hydrogens (tertiary/aromatic N) is 2. The molecular formula is C14H17ClF3N3O3. The van der Waals surface area contributed by atoms with Gasteiger partial charge >= 0.3 is 12.1 Å². The first-order valence-corrected chi connectivity index (χ1v) is 7.38. The van der Waals surface area contributed by atoms with Crippen molar-refractivity contribution in [3.63, 3.8) is 0 Å². The molecule has 1 heterocycles. The average Bonchev–Trinajstić information content (AvgIpc) is 2.44. The molecular weight excluding hydrogens is 351 g/mol. The lowest BCUT2D eigenvalue weighted by atomic mass is 10.2. The van der Waals surface area contributed by atoms with Crippen LogP contribution in [-0.2, 0) is 15.8 Å². The van der Waals surface area contributed by atoms with E-state index >= 15 is 0 Å². The lowest BCUT2D eigenvalue weighted by Crippen LogP contribution is -2.41. The van der Waals surface area contributed by atoms with Crippen LogP contribution >= 0.6 is 11.6 Å². The Morgan fingerprint density at radius 3 is 2.50 bits per heavy atom. The number of carboxylic acid groups (broad SMARTS) is 1. The average molecular weight is 368 g/mol. The molecule has 0 atom stereocenters. The molecule has 24 heavy (non-hydrogen) atoms. The first-order valence-electron chi connectivity index (χ1n) is 7.00. The van der Waals surface area contributed by atoms with Crippen molar-refractivity contribution in [3.05, 3.63) is 22.8 Å². The third-order valence-electron chi connectivity index (χ3n) is 3.05. The van der Waals surface area contributed by atoms with Crippen LogP contribution < -0.4 is 5.32 Å². The molecule has 0 bridgehead atoms.